The summed E-state index contributed by atoms with van der Waals surface area (Å²) in [5.41, 5.74) is -0.741. The molecule has 0 aromatic heterocycles. The fraction of sp³-hybridized carbons (Fsp3) is 0.765. The van der Waals surface area contributed by atoms with E-state index in [1.807, 2.05) is 0 Å². The molecular weight excluding hydrogens is 342 g/mol. The lowest BCUT2D eigenvalue weighted by atomic mass is 10.1. The molecule has 3 atom stereocenters. The molecule has 2 saturated heterocycles. The molecular formula is C17H27N3O6. The molecule has 9 heteroatoms. The van der Waals surface area contributed by atoms with E-state index in [1.54, 1.807) is 20.8 Å². The molecule has 2 N–H and O–H groups in total. The highest BCUT2D eigenvalue weighted by Gasteiger charge is 2.45. The van der Waals surface area contributed by atoms with E-state index in [2.05, 4.69) is 5.32 Å². The number of rotatable bonds is 2. The lowest BCUT2D eigenvalue weighted by molar-refractivity contribution is -0.152. The van der Waals surface area contributed by atoms with Crippen LogP contribution >= 0.6 is 0 Å². The van der Waals surface area contributed by atoms with Gasteiger partial charge < -0.3 is 25.0 Å². The quantitative estimate of drug-likeness (QED) is 0.735. The first-order valence-corrected chi connectivity index (χ1v) is 8.79. The van der Waals surface area contributed by atoms with Crippen molar-refractivity contribution in [1.82, 2.24) is 15.1 Å². The van der Waals surface area contributed by atoms with E-state index in [1.165, 1.54) is 16.7 Å². The van der Waals surface area contributed by atoms with Crippen LogP contribution in [0, 0.1) is 0 Å². The van der Waals surface area contributed by atoms with Crippen LogP contribution in [-0.4, -0.2) is 75.6 Å². The normalized spacial score (nSPS) is 26.6. The van der Waals surface area contributed by atoms with Gasteiger partial charge >= 0.3 is 12.1 Å². The van der Waals surface area contributed by atoms with Gasteiger partial charge in [-0.15, -0.1) is 0 Å². The third-order valence-electron chi connectivity index (χ3n) is 4.61. The summed E-state index contributed by atoms with van der Waals surface area (Å²) < 4.78 is 5.20. The molecule has 0 aliphatic carbocycles. The zero-order chi connectivity index (χ0) is 19.6. The average molecular weight is 369 g/mol. The second-order valence-corrected chi connectivity index (χ2v) is 7.78. The predicted octanol–water partition coefficient (Wildman–Crippen LogP) is 0.576. The zero-order valence-corrected chi connectivity index (χ0v) is 15.7. The molecule has 2 aliphatic rings. The van der Waals surface area contributed by atoms with Gasteiger partial charge in [0.2, 0.25) is 11.8 Å². The van der Waals surface area contributed by atoms with E-state index in [0.717, 1.165) is 0 Å². The number of aliphatic carboxylic acids is 1. The van der Waals surface area contributed by atoms with Gasteiger partial charge in [0.25, 0.3) is 0 Å². The Bertz CT molecular complexity index is 600. The number of carboxylic acid groups (broad SMARTS) is 1. The Morgan fingerprint density at radius 1 is 1.19 bits per heavy atom. The fourth-order valence-electron chi connectivity index (χ4n) is 3.46. The smallest absolute Gasteiger partial charge is 0.408 e. The summed E-state index contributed by atoms with van der Waals surface area (Å²) in [7, 11) is 0. The van der Waals surface area contributed by atoms with Crippen LogP contribution in [0.4, 0.5) is 4.79 Å². The van der Waals surface area contributed by atoms with Crippen molar-refractivity contribution in [2.24, 2.45) is 0 Å². The van der Waals surface area contributed by atoms with E-state index < -0.39 is 35.7 Å². The summed E-state index contributed by atoms with van der Waals surface area (Å²) in [6.07, 6.45) is 0.676. The van der Waals surface area contributed by atoms with Crippen molar-refractivity contribution in [2.75, 3.05) is 13.1 Å². The third-order valence-corrected chi connectivity index (χ3v) is 4.61. The van der Waals surface area contributed by atoms with Gasteiger partial charge in [0, 0.05) is 19.5 Å². The van der Waals surface area contributed by atoms with Gasteiger partial charge in [0.1, 0.15) is 17.7 Å². The number of fused-ring (bicyclic) bond motifs is 1. The average Bonchev–Trinajstić information content (AvgIpc) is 2.89. The van der Waals surface area contributed by atoms with Gasteiger partial charge in [-0.05, 0) is 40.0 Å². The van der Waals surface area contributed by atoms with Crippen LogP contribution in [0.5, 0.6) is 0 Å². The molecule has 2 heterocycles. The van der Waals surface area contributed by atoms with Crippen molar-refractivity contribution in [3.8, 4) is 0 Å². The first kappa shape index (κ1) is 20.0. The molecule has 2 rings (SSSR count). The van der Waals surface area contributed by atoms with Crippen LogP contribution in [0.2, 0.25) is 0 Å². The van der Waals surface area contributed by atoms with E-state index in [9.17, 15) is 24.3 Å². The number of carbonyl (C=O) groups excluding carboxylic acids is 3. The molecule has 0 unspecified atom stereocenters. The largest absolute Gasteiger partial charge is 0.480 e. The van der Waals surface area contributed by atoms with Crippen molar-refractivity contribution >= 4 is 23.9 Å². The van der Waals surface area contributed by atoms with Gasteiger partial charge in [-0.25, -0.2) is 9.59 Å². The van der Waals surface area contributed by atoms with Crippen molar-refractivity contribution in [2.45, 2.75) is 70.7 Å². The maximum absolute atomic E-state index is 13.0. The molecule has 2 fully saturated rings. The van der Waals surface area contributed by atoms with Gasteiger partial charge in [0.15, 0.2) is 0 Å². The fourth-order valence-corrected chi connectivity index (χ4v) is 3.46. The highest BCUT2D eigenvalue weighted by molar-refractivity contribution is 5.91. The Labute approximate surface area is 152 Å². The molecule has 0 radical (unpaired) electrons. The van der Waals surface area contributed by atoms with Crippen LogP contribution in [0.15, 0.2) is 0 Å². The monoisotopic (exact) mass is 369 g/mol. The molecule has 0 aromatic carbocycles. The van der Waals surface area contributed by atoms with Gasteiger partial charge in [-0.2, -0.15) is 0 Å². The third kappa shape index (κ3) is 4.64. The van der Waals surface area contributed by atoms with Crippen LogP contribution in [0.25, 0.3) is 0 Å². The number of hydrogen-bond donors (Lipinski definition) is 2. The second kappa shape index (κ2) is 7.51. The first-order chi connectivity index (χ1) is 12.0. The summed E-state index contributed by atoms with van der Waals surface area (Å²) in [5.74, 6) is -1.74. The summed E-state index contributed by atoms with van der Waals surface area (Å²) >= 11 is 0. The summed E-state index contributed by atoms with van der Waals surface area (Å²) in [5, 5.41) is 11.9. The molecule has 0 saturated carbocycles. The molecule has 2 aliphatic heterocycles. The maximum atomic E-state index is 13.0. The minimum absolute atomic E-state index is 0.0109. The van der Waals surface area contributed by atoms with Gasteiger partial charge in [-0.3, -0.25) is 9.59 Å². The van der Waals surface area contributed by atoms with Crippen molar-refractivity contribution in [3.05, 3.63) is 0 Å². The Morgan fingerprint density at radius 2 is 1.85 bits per heavy atom. The standard InChI is InChI=1S/C17H27N3O6/c1-10(21)19-8-7-11-5-6-13(15(23)24)20(11)14(22)12(9-19)18-16(25)26-17(2,3)4/h11-13H,5-9H2,1-4H3,(H,18,25)(H,23,24)/t11-,12+,13+/m1/s1. The lowest BCUT2D eigenvalue weighted by Gasteiger charge is -2.38. The molecule has 0 spiro atoms. The number of amides is 3. The van der Waals surface area contributed by atoms with E-state index in [0.29, 0.717) is 25.8 Å². The van der Waals surface area contributed by atoms with E-state index in [4.69, 9.17) is 4.74 Å². The molecule has 3 amide bonds. The van der Waals surface area contributed by atoms with Crippen molar-refractivity contribution in [3.63, 3.8) is 0 Å². The summed E-state index contributed by atoms with van der Waals surface area (Å²) in [6.45, 7) is 6.90. The predicted molar refractivity (Wildman–Crippen MR) is 91.3 cm³/mol. The number of nitrogens with one attached hydrogen (secondary N) is 1. The molecule has 0 aromatic rings. The minimum Gasteiger partial charge on any atom is -0.480 e. The SMILES string of the molecule is CC(=O)N1CC[C@H]2CC[C@@H](C(=O)O)N2C(=O)[C@@H](NC(=O)OC(C)(C)C)C1. The van der Waals surface area contributed by atoms with Crippen LogP contribution in [0.3, 0.4) is 0 Å². The van der Waals surface area contributed by atoms with Crippen LogP contribution < -0.4 is 5.32 Å². The second-order valence-electron chi connectivity index (χ2n) is 7.78. The lowest BCUT2D eigenvalue weighted by Crippen LogP contribution is -2.60. The Balaban J connectivity index is 2.25. The number of ether oxygens (including phenoxy) is 1. The summed E-state index contributed by atoms with van der Waals surface area (Å²) in [4.78, 5) is 51.4. The highest BCUT2D eigenvalue weighted by atomic mass is 16.6. The summed E-state index contributed by atoms with van der Waals surface area (Å²) in [6, 6.07) is -2.20. The number of hydrogen-bond acceptors (Lipinski definition) is 5. The molecule has 26 heavy (non-hydrogen) atoms. The first-order valence-electron chi connectivity index (χ1n) is 8.79. The number of carboxylic acids is 1. The van der Waals surface area contributed by atoms with Crippen molar-refractivity contribution < 1.29 is 29.0 Å². The number of carbonyl (C=O) groups is 4. The van der Waals surface area contributed by atoms with Crippen LogP contribution in [0.1, 0.15) is 47.0 Å². The van der Waals surface area contributed by atoms with Gasteiger partial charge in [0.05, 0.1) is 6.54 Å². The van der Waals surface area contributed by atoms with Gasteiger partial charge in [-0.1, -0.05) is 0 Å². The van der Waals surface area contributed by atoms with Crippen LogP contribution in [-0.2, 0) is 19.1 Å². The minimum atomic E-state index is -1.05. The van der Waals surface area contributed by atoms with E-state index >= 15 is 0 Å². The molecule has 9 nitrogen and oxygen atoms in total. The Morgan fingerprint density at radius 3 is 2.38 bits per heavy atom. The van der Waals surface area contributed by atoms with Crippen molar-refractivity contribution in [1.29, 1.82) is 0 Å². The number of nitrogens with zero attached hydrogens (tertiary/aromatic N) is 2. The zero-order valence-electron chi connectivity index (χ0n) is 15.7. The molecule has 146 valence electrons. The Hall–Kier alpha value is -2.32. The van der Waals surface area contributed by atoms with E-state index in [-0.39, 0.29) is 18.5 Å². The topological polar surface area (TPSA) is 116 Å². The Kier molecular flexibility index (Phi) is 5.77. The molecule has 0 bridgehead atoms. The maximum Gasteiger partial charge on any atom is 0.408 e. The number of alkyl carbamates (subject to hydrolysis) is 1. The highest BCUT2D eigenvalue weighted by Crippen LogP contribution is 2.29.